The van der Waals surface area contributed by atoms with Crippen LogP contribution in [0.15, 0.2) is 4.99 Å². The molecule has 3 heteroatoms. The Kier molecular flexibility index (Phi) is 1.34. The minimum Gasteiger partial charge on any atom is -0.457 e. The van der Waals surface area contributed by atoms with Crippen molar-refractivity contribution in [3.63, 3.8) is 0 Å². The fourth-order valence-electron chi connectivity index (χ4n) is 1.60. The van der Waals surface area contributed by atoms with Crippen LogP contribution >= 0.6 is 0 Å². The van der Waals surface area contributed by atoms with E-state index in [4.69, 9.17) is 10.5 Å². The molecule has 1 heterocycles. The van der Waals surface area contributed by atoms with Gasteiger partial charge in [0.1, 0.15) is 5.60 Å². The molecule has 0 amide bonds. The van der Waals surface area contributed by atoms with Gasteiger partial charge < -0.3 is 10.5 Å². The number of ether oxygens (including phenoxy) is 1. The van der Waals surface area contributed by atoms with Crippen molar-refractivity contribution in [2.24, 2.45) is 16.6 Å². The lowest BCUT2D eigenvalue weighted by atomic mass is 10.00. The van der Waals surface area contributed by atoms with Gasteiger partial charge in [0, 0.05) is 0 Å². The first-order valence-corrected chi connectivity index (χ1v) is 4.17. The fraction of sp³-hybridized carbons (Fsp3) is 0.875. The van der Waals surface area contributed by atoms with Gasteiger partial charge in [-0.1, -0.05) is 12.8 Å². The van der Waals surface area contributed by atoms with Crippen LogP contribution in [0.25, 0.3) is 0 Å². The van der Waals surface area contributed by atoms with Crippen molar-refractivity contribution in [3.05, 3.63) is 0 Å². The maximum Gasteiger partial charge on any atom is 0.282 e. The van der Waals surface area contributed by atoms with E-state index in [-0.39, 0.29) is 5.60 Å². The molecule has 2 aliphatic rings. The first-order chi connectivity index (χ1) is 5.18. The molecule has 11 heavy (non-hydrogen) atoms. The van der Waals surface area contributed by atoms with E-state index in [2.05, 4.69) is 11.9 Å². The molecule has 1 aliphatic carbocycles. The third-order valence-corrected chi connectivity index (χ3v) is 2.34. The highest BCUT2D eigenvalue weighted by molar-refractivity contribution is 5.73. The Hall–Kier alpha value is -0.730. The van der Waals surface area contributed by atoms with Crippen LogP contribution in [0.5, 0.6) is 0 Å². The van der Waals surface area contributed by atoms with Crippen LogP contribution in [0, 0.1) is 5.92 Å². The zero-order valence-electron chi connectivity index (χ0n) is 6.84. The van der Waals surface area contributed by atoms with Crippen molar-refractivity contribution in [1.82, 2.24) is 0 Å². The van der Waals surface area contributed by atoms with E-state index in [0.29, 0.717) is 6.02 Å². The van der Waals surface area contributed by atoms with Crippen LogP contribution < -0.4 is 5.73 Å². The molecule has 0 aromatic heterocycles. The standard InChI is InChI=1S/C8H14N2O/c1-8(4-6-2-3-6)5-10-7(9)11-8/h6H,2-5H2,1H3,(H2,9,10). The fourth-order valence-corrected chi connectivity index (χ4v) is 1.60. The minimum atomic E-state index is -0.0781. The van der Waals surface area contributed by atoms with E-state index in [1.54, 1.807) is 0 Å². The van der Waals surface area contributed by atoms with E-state index in [9.17, 15) is 0 Å². The van der Waals surface area contributed by atoms with E-state index in [1.807, 2.05) is 0 Å². The molecule has 0 spiro atoms. The molecule has 0 aromatic rings. The SMILES string of the molecule is CC1(CC2CC2)CN=C(N)O1. The van der Waals surface area contributed by atoms with Crippen molar-refractivity contribution in [2.75, 3.05) is 6.54 Å². The summed E-state index contributed by atoms with van der Waals surface area (Å²) < 4.78 is 5.43. The van der Waals surface area contributed by atoms with Gasteiger partial charge in [0.15, 0.2) is 0 Å². The maximum atomic E-state index is 5.43. The average Bonchev–Trinajstić information content (AvgIpc) is 2.62. The van der Waals surface area contributed by atoms with Crippen LogP contribution in [0.3, 0.4) is 0 Å². The summed E-state index contributed by atoms with van der Waals surface area (Å²) in [5.74, 6) is 0.876. The minimum absolute atomic E-state index is 0.0781. The second-order valence-electron chi connectivity index (χ2n) is 3.85. The predicted molar refractivity (Wildman–Crippen MR) is 43.3 cm³/mol. The Bertz CT molecular complexity index is 198. The lowest BCUT2D eigenvalue weighted by molar-refractivity contribution is 0.0900. The number of nitrogens with zero attached hydrogens (tertiary/aromatic N) is 1. The highest BCUT2D eigenvalue weighted by Gasteiger charge is 2.38. The van der Waals surface area contributed by atoms with E-state index in [1.165, 1.54) is 12.8 Å². The summed E-state index contributed by atoms with van der Waals surface area (Å²) in [6.45, 7) is 2.84. The third-order valence-electron chi connectivity index (χ3n) is 2.34. The van der Waals surface area contributed by atoms with Crippen molar-refractivity contribution < 1.29 is 4.74 Å². The van der Waals surface area contributed by atoms with Gasteiger partial charge in [0.2, 0.25) is 0 Å². The maximum absolute atomic E-state index is 5.43. The predicted octanol–water partition coefficient (Wildman–Crippen LogP) is 0.890. The molecule has 0 saturated heterocycles. The van der Waals surface area contributed by atoms with Crippen molar-refractivity contribution in [3.8, 4) is 0 Å². The second-order valence-corrected chi connectivity index (χ2v) is 3.85. The highest BCUT2D eigenvalue weighted by Crippen LogP contribution is 2.39. The van der Waals surface area contributed by atoms with Crippen LogP contribution in [-0.2, 0) is 4.74 Å². The Morgan fingerprint density at radius 1 is 1.73 bits per heavy atom. The molecule has 3 nitrogen and oxygen atoms in total. The molecule has 62 valence electrons. The van der Waals surface area contributed by atoms with Crippen LogP contribution in [0.4, 0.5) is 0 Å². The number of nitrogens with two attached hydrogens (primary N) is 1. The Labute approximate surface area is 66.6 Å². The number of hydrogen-bond donors (Lipinski definition) is 1. The normalized spacial score (nSPS) is 36.6. The van der Waals surface area contributed by atoms with Crippen molar-refractivity contribution in [1.29, 1.82) is 0 Å². The monoisotopic (exact) mass is 154 g/mol. The Morgan fingerprint density at radius 2 is 2.45 bits per heavy atom. The molecular formula is C8H14N2O. The summed E-state index contributed by atoms with van der Waals surface area (Å²) in [6.07, 6.45) is 3.84. The lowest BCUT2D eigenvalue weighted by Gasteiger charge is -2.22. The zero-order valence-corrected chi connectivity index (χ0v) is 6.84. The van der Waals surface area contributed by atoms with E-state index in [0.717, 1.165) is 18.9 Å². The lowest BCUT2D eigenvalue weighted by Crippen LogP contribution is -2.31. The van der Waals surface area contributed by atoms with Gasteiger partial charge in [-0.25, -0.2) is 4.99 Å². The first-order valence-electron chi connectivity index (χ1n) is 4.17. The van der Waals surface area contributed by atoms with Gasteiger partial charge in [-0.15, -0.1) is 0 Å². The van der Waals surface area contributed by atoms with Gasteiger partial charge in [0.25, 0.3) is 6.02 Å². The number of aliphatic imine (C=N–C) groups is 1. The van der Waals surface area contributed by atoms with Gasteiger partial charge in [0.05, 0.1) is 6.54 Å². The highest BCUT2D eigenvalue weighted by atomic mass is 16.5. The summed E-state index contributed by atoms with van der Waals surface area (Å²) >= 11 is 0. The van der Waals surface area contributed by atoms with Gasteiger partial charge >= 0.3 is 0 Å². The smallest absolute Gasteiger partial charge is 0.282 e. The van der Waals surface area contributed by atoms with Crippen LogP contribution in [0.1, 0.15) is 26.2 Å². The molecule has 1 fully saturated rings. The molecule has 1 aliphatic heterocycles. The van der Waals surface area contributed by atoms with E-state index < -0.39 is 0 Å². The summed E-state index contributed by atoms with van der Waals surface area (Å²) in [7, 11) is 0. The molecule has 0 radical (unpaired) electrons. The molecule has 2 rings (SSSR count). The van der Waals surface area contributed by atoms with Crippen LogP contribution in [-0.4, -0.2) is 18.2 Å². The van der Waals surface area contributed by atoms with Gasteiger partial charge in [-0.2, -0.15) is 0 Å². The molecule has 1 atom stereocenters. The second kappa shape index (κ2) is 2.13. The van der Waals surface area contributed by atoms with Crippen molar-refractivity contribution in [2.45, 2.75) is 31.8 Å². The Balaban J connectivity index is 1.90. The molecular weight excluding hydrogens is 140 g/mol. The molecule has 2 N–H and O–H groups in total. The summed E-state index contributed by atoms with van der Waals surface area (Å²) in [5.41, 5.74) is 5.36. The van der Waals surface area contributed by atoms with Gasteiger partial charge in [-0.05, 0) is 19.3 Å². The number of hydrogen-bond acceptors (Lipinski definition) is 3. The molecule has 0 aromatic carbocycles. The summed E-state index contributed by atoms with van der Waals surface area (Å²) in [4.78, 5) is 4.04. The molecule has 1 saturated carbocycles. The van der Waals surface area contributed by atoms with E-state index >= 15 is 0 Å². The average molecular weight is 154 g/mol. The third kappa shape index (κ3) is 1.47. The molecule has 0 bridgehead atoms. The van der Waals surface area contributed by atoms with Crippen molar-refractivity contribution >= 4 is 6.02 Å². The topological polar surface area (TPSA) is 47.6 Å². The first kappa shape index (κ1) is 6.95. The van der Waals surface area contributed by atoms with Crippen LogP contribution in [0.2, 0.25) is 0 Å². The summed E-state index contributed by atoms with van der Waals surface area (Å²) in [6, 6.07) is 0.369. The number of rotatable bonds is 2. The Morgan fingerprint density at radius 3 is 2.91 bits per heavy atom. The molecule has 1 unspecified atom stereocenters. The largest absolute Gasteiger partial charge is 0.457 e. The van der Waals surface area contributed by atoms with Gasteiger partial charge in [-0.3, -0.25) is 0 Å². The quantitative estimate of drug-likeness (QED) is 0.642. The summed E-state index contributed by atoms with van der Waals surface area (Å²) in [5, 5.41) is 0. The number of amidine groups is 1. The zero-order chi connectivity index (χ0) is 7.90.